The summed E-state index contributed by atoms with van der Waals surface area (Å²) in [4.78, 5) is 2.06. The Bertz CT molecular complexity index is 791. The van der Waals surface area contributed by atoms with Crippen molar-refractivity contribution in [3.63, 3.8) is 0 Å². The number of hydrogen-bond acceptors (Lipinski definition) is 6. The maximum atomic E-state index is 9.42. The van der Waals surface area contributed by atoms with E-state index in [0.29, 0.717) is 0 Å². The highest BCUT2D eigenvalue weighted by molar-refractivity contribution is 8.22. The van der Waals surface area contributed by atoms with Gasteiger partial charge >= 0.3 is 0 Å². The molecule has 2 aromatic carbocycles. The summed E-state index contributed by atoms with van der Waals surface area (Å²) in [6.07, 6.45) is 0. The van der Waals surface area contributed by atoms with E-state index in [9.17, 15) is 10.2 Å². The van der Waals surface area contributed by atoms with Crippen molar-refractivity contribution in [2.75, 3.05) is 13.2 Å². The van der Waals surface area contributed by atoms with Gasteiger partial charge in [0.1, 0.15) is 0 Å². The van der Waals surface area contributed by atoms with Gasteiger partial charge in [-0.3, -0.25) is 0 Å². The second-order valence-corrected chi connectivity index (χ2v) is 10.8. The van der Waals surface area contributed by atoms with Crippen LogP contribution in [0.4, 0.5) is 0 Å². The average Bonchev–Trinajstić information content (AvgIpc) is 3.37. The van der Waals surface area contributed by atoms with Crippen LogP contribution in [-0.4, -0.2) is 23.4 Å². The van der Waals surface area contributed by atoms with Crippen molar-refractivity contribution >= 4 is 47.0 Å². The van der Waals surface area contributed by atoms with Gasteiger partial charge in [-0.1, -0.05) is 48.5 Å². The predicted octanol–water partition coefficient (Wildman–Crippen LogP) is 5.98. The molecule has 0 aliphatic carbocycles. The number of hydrogen-bond donors (Lipinski definition) is 2. The molecule has 0 fully saturated rings. The minimum absolute atomic E-state index is 0.109. The van der Waals surface area contributed by atoms with Crippen LogP contribution < -0.4 is 0 Å². The molecule has 4 rings (SSSR count). The molecule has 6 heteroatoms. The van der Waals surface area contributed by atoms with Crippen LogP contribution in [0.3, 0.4) is 0 Å². The first kappa shape index (κ1) is 18.6. The molecule has 0 bridgehead atoms. The highest BCUT2D eigenvalue weighted by Gasteiger charge is 2.26. The zero-order chi connectivity index (χ0) is 17.9. The Morgan fingerprint density at radius 1 is 0.654 bits per heavy atom. The molecule has 0 saturated heterocycles. The largest absolute Gasteiger partial charge is 0.391 e. The zero-order valence-electron chi connectivity index (χ0n) is 13.9. The van der Waals surface area contributed by atoms with Gasteiger partial charge in [-0.25, -0.2) is 0 Å². The molecule has 2 heterocycles. The van der Waals surface area contributed by atoms with Crippen LogP contribution in [-0.2, 0) is 0 Å². The molecule has 2 nitrogen and oxygen atoms in total. The maximum absolute atomic E-state index is 9.42. The number of benzene rings is 2. The van der Waals surface area contributed by atoms with E-state index in [-0.39, 0.29) is 22.4 Å². The van der Waals surface area contributed by atoms with Gasteiger partial charge < -0.3 is 10.2 Å². The molecule has 26 heavy (non-hydrogen) atoms. The molecule has 134 valence electrons. The monoisotopic (exact) mass is 418 g/mol. The van der Waals surface area contributed by atoms with E-state index in [2.05, 4.69) is 59.3 Å². The molecule has 0 aromatic heterocycles. The lowest BCUT2D eigenvalue weighted by atomic mass is 9.96. The third kappa shape index (κ3) is 3.77. The molecule has 0 spiro atoms. The van der Waals surface area contributed by atoms with Crippen molar-refractivity contribution in [3.8, 4) is 11.1 Å². The van der Waals surface area contributed by atoms with Crippen molar-refractivity contribution in [2.24, 2.45) is 0 Å². The molecule has 2 aromatic rings. The smallest absolute Gasteiger partial charge is 0.0843 e. The highest BCUT2D eigenvalue weighted by atomic mass is 32.2. The third-order valence-electron chi connectivity index (χ3n) is 4.19. The SMILES string of the molecule is OCC1=CSC(c2ccccc2-c2ccccc2C2SC=C(CO)S2)S1. The Morgan fingerprint density at radius 3 is 1.46 bits per heavy atom. The molecular formula is C20H18O2S4. The van der Waals surface area contributed by atoms with Gasteiger partial charge in [-0.2, -0.15) is 0 Å². The van der Waals surface area contributed by atoms with Crippen LogP contribution >= 0.6 is 47.0 Å². The Hall–Kier alpha value is -0.760. The molecule has 2 atom stereocenters. The van der Waals surface area contributed by atoms with E-state index in [1.807, 2.05) is 0 Å². The fraction of sp³-hybridized carbons (Fsp3) is 0.200. The summed E-state index contributed by atoms with van der Waals surface area (Å²) in [7, 11) is 0. The van der Waals surface area contributed by atoms with E-state index in [4.69, 9.17) is 0 Å². The first-order chi connectivity index (χ1) is 12.8. The van der Waals surface area contributed by atoms with E-state index >= 15 is 0 Å². The van der Waals surface area contributed by atoms with Crippen LogP contribution in [0.2, 0.25) is 0 Å². The van der Waals surface area contributed by atoms with Crippen molar-refractivity contribution in [1.29, 1.82) is 0 Å². The van der Waals surface area contributed by atoms with Gasteiger partial charge in [0.2, 0.25) is 0 Å². The Balaban J connectivity index is 1.69. The predicted molar refractivity (Wildman–Crippen MR) is 118 cm³/mol. The summed E-state index contributed by atoms with van der Waals surface area (Å²) in [5.41, 5.74) is 5.08. The molecule has 0 amide bonds. The average molecular weight is 419 g/mol. The van der Waals surface area contributed by atoms with E-state index in [1.54, 1.807) is 47.0 Å². The summed E-state index contributed by atoms with van der Waals surface area (Å²) in [6.45, 7) is 0.218. The molecule has 0 saturated carbocycles. The van der Waals surface area contributed by atoms with Crippen molar-refractivity contribution in [1.82, 2.24) is 0 Å². The first-order valence-electron chi connectivity index (χ1n) is 8.22. The summed E-state index contributed by atoms with van der Waals surface area (Å²) in [5, 5.41) is 23.0. The quantitative estimate of drug-likeness (QED) is 0.623. The second kappa shape index (κ2) is 8.50. The fourth-order valence-corrected chi connectivity index (χ4v) is 8.05. The Kier molecular flexibility index (Phi) is 6.08. The fourth-order valence-electron chi connectivity index (χ4n) is 2.98. The lowest BCUT2D eigenvalue weighted by Crippen LogP contribution is -1.96. The van der Waals surface area contributed by atoms with Gasteiger partial charge in [-0.15, -0.1) is 47.0 Å². The highest BCUT2D eigenvalue weighted by Crippen LogP contribution is 2.55. The molecule has 0 radical (unpaired) electrons. The van der Waals surface area contributed by atoms with Gasteiger partial charge in [0.25, 0.3) is 0 Å². The van der Waals surface area contributed by atoms with Crippen molar-refractivity contribution in [3.05, 3.63) is 80.3 Å². The number of aliphatic hydroxyl groups excluding tert-OH is 2. The van der Waals surface area contributed by atoms with Gasteiger partial charge in [0, 0.05) is 9.81 Å². The molecule has 2 unspecified atom stereocenters. The Morgan fingerprint density at radius 2 is 1.08 bits per heavy atom. The summed E-state index contributed by atoms with van der Waals surface area (Å²) >= 11 is 7.00. The number of thioether (sulfide) groups is 4. The van der Waals surface area contributed by atoms with Crippen LogP contribution in [0.1, 0.15) is 20.3 Å². The lowest BCUT2D eigenvalue weighted by Gasteiger charge is -2.19. The van der Waals surface area contributed by atoms with Gasteiger partial charge in [0.05, 0.1) is 22.4 Å². The van der Waals surface area contributed by atoms with Gasteiger partial charge in [-0.05, 0) is 33.1 Å². The minimum atomic E-state index is 0.109. The number of aliphatic hydroxyl groups is 2. The van der Waals surface area contributed by atoms with Crippen LogP contribution in [0.25, 0.3) is 11.1 Å². The molecule has 2 aliphatic heterocycles. The van der Waals surface area contributed by atoms with E-state index in [0.717, 1.165) is 9.81 Å². The zero-order valence-corrected chi connectivity index (χ0v) is 17.1. The van der Waals surface area contributed by atoms with Crippen LogP contribution in [0.5, 0.6) is 0 Å². The van der Waals surface area contributed by atoms with E-state index in [1.165, 1.54) is 22.3 Å². The van der Waals surface area contributed by atoms with Crippen LogP contribution in [0.15, 0.2) is 69.2 Å². The first-order valence-corrected chi connectivity index (χ1v) is 11.9. The van der Waals surface area contributed by atoms with Crippen molar-refractivity contribution < 1.29 is 10.2 Å². The number of rotatable bonds is 5. The molecule has 2 aliphatic rings. The normalized spacial score (nSPS) is 22.4. The van der Waals surface area contributed by atoms with Crippen molar-refractivity contribution in [2.45, 2.75) is 9.16 Å². The summed E-state index contributed by atoms with van der Waals surface area (Å²) in [5.74, 6) is 0. The Labute approximate surface area is 170 Å². The topological polar surface area (TPSA) is 40.5 Å². The lowest BCUT2D eigenvalue weighted by molar-refractivity contribution is 0.339. The maximum Gasteiger partial charge on any atom is 0.0843 e. The molecule has 2 N–H and O–H groups in total. The standard InChI is InChI=1S/C20H18O2S4/c21-9-13-11-23-19(25-13)17-7-3-1-5-15(17)16-6-2-4-8-18(16)20-24-12-14(10-22)26-20/h1-8,11-12,19-22H,9-10H2. The minimum Gasteiger partial charge on any atom is -0.391 e. The van der Waals surface area contributed by atoms with Crippen LogP contribution in [0, 0.1) is 0 Å². The molecular weight excluding hydrogens is 400 g/mol. The van der Waals surface area contributed by atoms with Gasteiger partial charge in [0.15, 0.2) is 0 Å². The summed E-state index contributed by atoms with van der Waals surface area (Å²) in [6, 6.07) is 17.1. The second-order valence-electron chi connectivity index (χ2n) is 5.83. The summed E-state index contributed by atoms with van der Waals surface area (Å²) < 4.78 is 0.549. The van der Waals surface area contributed by atoms with E-state index < -0.39 is 0 Å². The third-order valence-corrected chi connectivity index (χ3v) is 9.62.